The standard InChI is InChI=1S/C16H24N2O/c1-17(2)10-11-18(3)14-16-9-6-8-15(13-16)7-4-5-12-19/h6,8-9,13,19H,5,10-12,14H2,1-3H3. The van der Waals surface area contributed by atoms with Crippen LogP contribution in [0.1, 0.15) is 17.5 Å². The van der Waals surface area contributed by atoms with Gasteiger partial charge in [-0.3, -0.25) is 0 Å². The first-order valence-electron chi connectivity index (χ1n) is 6.64. The molecule has 104 valence electrons. The largest absolute Gasteiger partial charge is 0.395 e. The molecule has 0 aliphatic heterocycles. The van der Waals surface area contributed by atoms with Crippen LogP contribution in [0.2, 0.25) is 0 Å². The summed E-state index contributed by atoms with van der Waals surface area (Å²) in [7, 11) is 6.31. The van der Waals surface area contributed by atoms with E-state index in [-0.39, 0.29) is 6.61 Å². The van der Waals surface area contributed by atoms with Gasteiger partial charge < -0.3 is 14.9 Å². The Hall–Kier alpha value is -1.34. The van der Waals surface area contributed by atoms with E-state index in [1.165, 1.54) is 5.56 Å². The zero-order valence-electron chi connectivity index (χ0n) is 12.2. The Balaban J connectivity index is 2.55. The molecule has 0 aromatic heterocycles. The van der Waals surface area contributed by atoms with E-state index in [4.69, 9.17) is 5.11 Å². The van der Waals surface area contributed by atoms with Crippen LogP contribution in [0, 0.1) is 11.8 Å². The Morgan fingerprint density at radius 1 is 1.16 bits per heavy atom. The number of likely N-dealkylation sites (N-methyl/N-ethyl adjacent to an activating group) is 2. The summed E-state index contributed by atoms with van der Waals surface area (Å²) < 4.78 is 0. The minimum atomic E-state index is 0.125. The molecule has 0 heterocycles. The molecule has 1 aromatic carbocycles. The van der Waals surface area contributed by atoms with Crippen molar-refractivity contribution >= 4 is 0 Å². The molecule has 0 aliphatic carbocycles. The van der Waals surface area contributed by atoms with Crippen molar-refractivity contribution in [2.75, 3.05) is 40.8 Å². The molecule has 0 saturated heterocycles. The Morgan fingerprint density at radius 2 is 1.95 bits per heavy atom. The second-order valence-electron chi connectivity index (χ2n) is 5.02. The fourth-order valence-electron chi connectivity index (χ4n) is 1.73. The minimum Gasteiger partial charge on any atom is -0.395 e. The van der Waals surface area contributed by atoms with Gasteiger partial charge in [-0.05, 0) is 38.8 Å². The van der Waals surface area contributed by atoms with Crippen molar-refractivity contribution in [2.45, 2.75) is 13.0 Å². The van der Waals surface area contributed by atoms with Crippen molar-refractivity contribution in [3.8, 4) is 11.8 Å². The maximum Gasteiger partial charge on any atom is 0.0540 e. The van der Waals surface area contributed by atoms with E-state index in [1.54, 1.807) is 0 Å². The Morgan fingerprint density at radius 3 is 2.63 bits per heavy atom. The molecule has 3 nitrogen and oxygen atoms in total. The molecule has 0 bridgehead atoms. The smallest absolute Gasteiger partial charge is 0.0540 e. The highest BCUT2D eigenvalue weighted by Gasteiger charge is 2.01. The minimum absolute atomic E-state index is 0.125. The predicted molar refractivity (Wildman–Crippen MR) is 79.9 cm³/mol. The molecule has 0 spiro atoms. The van der Waals surface area contributed by atoms with E-state index in [1.807, 2.05) is 12.1 Å². The Labute approximate surface area is 116 Å². The van der Waals surface area contributed by atoms with Gasteiger partial charge in [-0.1, -0.05) is 24.0 Å². The molecule has 19 heavy (non-hydrogen) atoms. The Bertz CT molecular complexity index is 432. The molecule has 0 amide bonds. The number of hydrogen-bond acceptors (Lipinski definition) is 3. The van der Waals surface area contributed by atoms with Crippen LogP contribution >= 0.6 is 0 Å². The van der Waals surface area contributed by atoms with E-state index in [0.29, 0.717) is 6.42 Å². The first-order chi connectivity index (χ1) is 9.11. The molecular weight excluding hydrogens is 236 g/mol. The molecule has 1 aromatic rings. The summed E-state index contributed by atoms with van der Waals surface area (Å²) in [6.45, 7) is 3.17. The SMILES string of the molecule is CN(C)CCN(C)Cc1cccc(C#CCCO)c1. The second-order valence-corrected chi connectivity index (χ2v) is 5.02. The number of aliphatic hydroxyl groups is 1. The molecule has 0 fully saturated rings. The number of aliphatic hydroxyl groups excluding tert-OH is 1. The number of rotatable bonds is 6. The monoisotopic (exact) mass is 260 g/mol. The topological polar surface area (TPSA) is 26.7 Å². The van der Waals surface area contributed by atoms with E-state index < -0.39 is 0 Å². The molecule has 0 radical (unpaired) electrons. The van der Waals surface area contributed by atoms with Crippen LogP contribution in [0.5, 0.6) is 0 Å². The van der Waals surface area contributed by atoms with Crippen molar-refractivity contribution in [1.29, 1.82) is 0 Å². The fraction of sp³-hybridized carbons (Fsp3) is 0.500. The molecule has 1 N–H and O–H groups in total. The van der Waals surface area contributed by atoms with Crippen LogP contribution in [0.4, 0.5) is 0 Å². The van der Waals surface area contributed by atoms with E-state index in [2.05, 4.69) is 54.9 Å². The first kappa shape index (κ1) is 15.7. The Kier molecular flexibility index (Phi) is 7.20. The quantitative estimate of drug-likeness (QED) is 0.784. The zero-order valence-corrected chi connectivity index (χ0v) is 12.2. The maximum atomic E-state index is 8.71. The predicted octanol–water partition coefficient (Wildman–Crippen LogP) is 1.41. The lowest BCUT2D eigenvalue weighted by molar-refractivity contribution is 0.276. The van der Waals surface area contributed by atoms with Gasteiger partial charge in [0.2, 0.25) is 0 Å². The lowest BCUT2D eigenvalue weighted by Crippen LogP contribution is -2.28. The van der Waals surface area contributed by atoms with Crippen molar-refractivity contribution in [3.05, 3.63) is 35.4 Å². The van der Waals surface area contributed by atoms with Crippen LogP contribution in [0.15, 0.2) is 24.3 Å². The third-order valence-electron chi connectivity index (χ3n) is 2.78. The summed E-state index contributed by atoms with van der Waals surface area (Å²) in [4.78, 5) is 4.49. The molecular formula is C16H24N2O. The molecule has 0 unspecified atom stereocenters. The van der Waals surface area contributed by atoms with Gasteiger partial charge in [0.15, 0.2) is 0 Å². The molecule has 3 heteroatoms. The summed E-state index contributed by atoms with van der Waals surface area (Å²) in [5.41, 5.74) is 2.30. The summed E-state index contributed by atoms with van der Waals surface area (Å²) in [5, 5.41) is 8.71. The van der Waals surface area contributed by atoms with Gasteiger partial charge in [0, 0.05) is 31.6 Å². The maximum absolute atomic E-state index is 8.71. The van der Waals surface area contributed by atoms with E-state index in [9.17, 15) is 0 Å². The van der Waals surface area contributed by atoms with Crippen LogP contribution in [-0.2, 0) is 6.54 Å². The normalized spacial score (nSPS) is 10.6. The van der Waals surface area contributed by atoms with Crippen molar-refractivity contribution in [3.63, 3.8) is 0 Å². The van der Waals surface area contributed by atoms with Crippen LogP contribution in [-0.4, -0.2) is 55.7 Å². The highest BCUT2D eigenvalue weighted by Crippen LogP contribution is 2.06. The van der Waals surface area contributed by atoms with Gasteiger partial charge in [0.05, 0.1) is 6.61 Å². The first-order valence-corrected chi connectivity index (χ1v) is 6.64. The average Bonchev–Trinajstić information content (AvgIpc) is 2.37. The van der Waals surface area contributed by atoms with Gasteiger partial charge in [0.1, 0.15) is 0 Å². The second kappa shape index (κ2) is 8.71. The molecule has 0 aliphatic rings. The molecule has 1 rings (SSSR count). The number of hydrogen-bond donors (Lipinski definition) is 1. The van der Waals surface area contributed by atoms with Crippen LogP contribution in [0.3, 0.4) is 0 Å². The molecule has 0 saturated carbocycles. The highest BCUT2D eigenvalue weighted by molar-refractivity contribution is 5.37. The van der Waals surface area contributed by atoms with Gasteiger partial charge in [-0.25, -0.2) is 0 Å². The average molecular weight is 260 g/mol. The molecule has 0 atom stereocenters. The summed E-state index contributed by atoms with van der Waals surface area (Å²) >= 11 is 0. The zero-order chi connectivity index (χ0) is 14.1. The number of benzene rings is 1. The third kappa shape index (κ3) is 6.97. The van der Waals surface area contributed by atoms with Gasteiger partial charge in [-0.15, -0.1) is 0 Å². The van der Waals surface area contributed by atoms with Crippen molar-refractivity contribution in [1.82, 2.24) is 9.80 Å². The van der Waals surface area contributed by atoms with Crippen LogP contribution in [0.25, 0.3) is 0 Å². The van der Waals surface area contributed by atoms with Gasteiger partial charge in [-0.2, -0.15) is 0 Å². The third-order valence-corrected chi connectivity index (χ3v) is 2.78. The highest BCUT2D eigenvalue weighted by atomic mass is 16.2. The van der Waals surface area contributed by atoms with Crippen LogP contribution < -0.4 is 0 Å². The summed E-state index contributed by atoms with van der Waals surface area (Å²) in [5.74, 6) is 6.02. The fourth-order valence-corrected chi connectivity index (χ4v) is 1.73. The van der Waals surface area contributed by atoms with Crippen molar-refractivity contribution in [2.24, 2.45) is 0 Å². The van der Waals surface area contributed by atoms with E-state index in [0.717, 1.165) is 25.2 Å². The van der Waals surface area contributed by atoms with Gasteiger partial charge in [0.25, 0.3) is 0 Å². The lowest BCUT2D eigenvalue weighted by atomic mass is 10.1. The van der Waals surface area contributed by atoms with Crippen molar-refractivity contribution < 1.29 is 5.11 Å². The lowest BCUT2D eigenvalue weighted by Gasteiger charge is -2.19. The van der Waals surface area contributed by atoms with Gasteiger partial charge >= 0.3 is 0 Å². The summed E-state index contributed by atoms with van der Waals surface area (Å²) in [6.07, 6.45) is 0.535. The van der Waals surface area contributed by atoms with E-state index >= 15 is 0 Å². The summed E-state index contributed by atoms with van der Waals surface area (Å²) in [6, 6.07) is 8.30. The number of nitrogens with zero attached hydrogens (tertiary/aromatic N) is 2.